The van der Waals surface area contributed by atoms with Crippen LogP contribution in [-0.4, -0.2) is 10.8 Å². The standard InChI is InChI=1S/C16H16FNO/c1-16(2,12-6-8-13(17)9-7-12)15(19)11-14-5-3-4-10-18-14/h3-10H,11H2,1-2H3. The van der Waals surface area contributed by atoms with Crippen LogP contribution in [0.15, 0.2) is 48.7 Å². The molecule has 0 N–H and O–H groups in total. The van der Waals surface area contributed by atoms with Gasteiger partial charge in [0.2, 0.25) is 0 Å². The summed E-state index contributed by atoms with van der Waals surface area (Å²) in [7, 11) is 0. The van der Waals surface area contributed by atoms with E-state index in [2.05, 4.69) is 4.98 Å². The van der Waals surface area contributed by atoms with Gasteiger partial charge in [-0.1, -0.05) is 18.2 Å². The maximum absolute atomic E-state index is 12.9. The first-order valence-electron chi connectivity index (χ1n) is 6.19. The zero-order valence-electron chi connectivity index (χ0n) is 11.1. The van der Waals surface area contributed by atoms with E-state index in [4.69, 9.17) is 0 Å². The molecule has 0 unspecified atom stereocenters. The largest absolute Gasteiger partial charge is 0.298 e. The van der Waals surface area contributed by atoms with E-state index in [1.165, 1.54) is 12.1 Å². The number of pyridine rings is 1. The van der Waals surface area contributed by atoms with Crippen LogP contribution in [0.1, 0.15) is 25.1 Å². The first kappa shape index (κ1) is 13.4. The Kier molecular flexibility index (Phi) is 3.74. The lowest BCUT2D eigenvalue weighted by atomic mass is 9.79. The molecule has 2 nitrogen and oxygen atoms in total. The molecule has 0 aliphatic carbocycles. The molecule has 0 radical (unpaired) electrons. The van der Waals surface area contributed by atoms with E-state index in [0.29, 0.717) is 0 Å². The summed E-state index contributed by atoms with van der Waals surface area (Å²) < 4.78 is 12.9. The van der Waals surface area contributed by atoms with Crippen LogP contribution in [0, 0.1) is 5.82 Å². The molecule has 0 atom stereocenters. The van der Waals surface area contributed by atoms with E-state index < -0.39 is 5.41 Å². The minimum absolute atomic E-state index is 0.0674. The van der Waals surface area contributed by atoms with Gasteiger partial charge >= 0.3 is 0 Å². The molecule has 0 aliphatic rings. The average Bonchev–Trinajstić information content (AvgIpc) is 2.40. The smallest absolute Gasteiger partial charge is 0.148 e. The monoisotopic (exact) mass is 257 g/mol. The van der Waals surface area contributed by atoms with Gasteiger partial charge < -0.3 is 0 Å². The van der Waals surface area contributed by atoms with Crippen LogP contribution in [0.5, 0.6) is 0 Å². The SMILES string of the molecule is CC(C)(C(=O)Cc1ccccn1)c1ccc(F)cc1. The van der Waals surface area contributed by atoms with Crippen LogP contribution >= 0.6 is 0 Å². The number of nitrogens with zero attached hydrogens (tertiary/aromatic N) is 1. The zero-order valence-corrected chi connectivity index (χ0v) is 11.1. The van der Waals surface area contributed by atoms with Gasteiger partial charge in [-0.25, -0.2) is 4.39 Å². The number of hydrogen-bond acceptors (Lipinski definition) is 2. The Morgan fingerprint density at radius 3 is 2.42 bits per heavy atom. The van der Waals surface area contributed by atoms with Crippen LogP contribution in [0.4, 0.5) is 4.39 Å². The van der Waals surface area contributed by atoms with Crippen LogP contribution in [0.25, 0.3) is 0 Å². The zero-order chi connectivity index (χ0) is 13.9. The Bertz CT molecular complexity index is 561. The van der Waals surface area contributed by atoms with Gasteiger partial charge in [0, 0.05) is 23.7 Å². The van der Waals surface area contributed by atoms with Gasteiger partial charge in [-0.15, -0.1) is 0 Å². The highest BCUT2D eigenvalue weighted by molar-refractivity contribution is 5.90. The molecule has 19 heavy (non-hydrogen) atoms. The predicted octanol–water partition coefficient (Wildman–Crippen LogP) is 3.31. The molecule has 2 rings (SSSR count). The van der Waals surface area contributed by atoms with Crippen molar-refractivity contribution < 1.29 is 9.18 Å². The van der Waals surface area contributed by atoms with Crippen LogP contribution in [0.3, 0.4) is 0 Å². The van der Waals surface area contributed by atoms with Gasteiger partial charge in [0.05, 0.1) is 0 Å². The number of carbonyl (C=O) groups is 1. The summed E-state index contributed by atoms with van der Waals surface area (Å²) in [4.78, 5) is 16.5. The topological polar surface area (TPSA) is 30.0 Å². The van der Waals surface area contributed by atoms with Crippen molar-refractivity contribution in [2.24, 2.45) is 0 Å². The summed E-state index contributed by atoms with van der Waals surface area (Å²) in [6.45, 7) is 3.71. The Morgan fingerprint density at radius 2 is 1.84 bits per heavy atom. The maximum Gasteiger partial charge on any atom is 0.148 e. The van der Waals surface area contributed by atoms with Gasteiger partial charge in [0.1, 0.15) is 11.6 Å². The fraction of sp³-hybridized carbons (Fsp3) is 0.250. The maximum atomic E-state index is 12.9. The normalized spacial score (nSPS) is 11.3. The van der Waals surface area contributed by atoms with Gasteiger partial charge in [0.15, 0.2) is 0 Å². The Labute approximate surface area is 112 Å². The molecule has 0 aliphatic heterocycles. The summed E-state index contributed by atoms with van der Waals surface area (Å²) >= 11 is 0. The van der Waals surface area contributed by atoms with E-state index in [9.17, 15) is 9.18 Å². The molecule has 0 bridgehead atoms. The van der Waals surface area contributed by atoms with Crippen molar-refractivity contribution in [3.63, 3.8) is 0 Å². The van der Waals surface area contributed by atoms with Crippen molar-refractivity contribution in [2.45, 2.75) is 25.7 Å². The number of rotatable bonds is 4. The molecular weight excluding hydrogens is 241 g/mol. The summed E-state index contributed by atoms with van der Waals surface area (Å²) in [6, 6.07) is 11.6. The first-order chi connectivity index (χ1) is 9.00. The van der Waals surface area contributed by atoms with E-state index in [1.807, 2.05) is 32.0 Å². The van der Waals surface area contributed by atoms with Crippen molar-refractivity contribution in [3.8, 4) is 0 Å². The van der Waals surface area contributed by atoms with Crippen molar-refractivity contribution in [2.75, 3.05) is 0 Å². The van der Waals surface area contributed by atoms with E-state index in [-0.39, 0.29) is 18.0 Å². The second-order valence-corrected chi connectivity index (χ2v) is 5.05. The number of halogens is 1. The highest BCUT2D eigenvalue weighted by atomic mass is 19.1. The van der Waals surface area contributed by atoms with Crippen molar-refractivity contribution in [1.82, 2.24) is 4.98 Å². The molecule has 0 fully saturated rings. The highest BCUT2D eigenvalue weighted by Crippen LogP contribution is 2.25. The molecule has 0 saturated heterocycles. The Hall–Kier alpha value is -2.03. The molecule has 0 spiro atoms. The molecular formula is C16H16FNO. The van der Waals surface area contributed by atoms with Crippen LogP contribution < -0.4 is 0 Å². The third kappa shape index (κ3) is 3.05. The minimum atomic E-state index is -0.648. The summed E-state index contributed by atoms with van der Waals surface area (Å²) in [5, 5.41) is 0. The van der Waals surface area contributed by atoms with Gasteiger partial charge in [0.25, 0.3) is 0 Å². The van der Waals surface area contributed by atoms with Gasteiger partial charge in [-0.3, -0.25) is 9.78 Å². The lowest BCUT2D eigenvalue weighted by Gasteiger charge is -2.23. The van der Waals surface area contributed by atoms with Crippen LogP contribution in [-0.2, 0) is 16.6 Å². The number of Topliss-reactive ketones (excluding diaryl/α,β-unsaturated/α-hetero) is 1. The van der Waals surface area contributed by atoms with Crippen molar-refractivity contribution in [3.05, 3.63) is 65.7 Å². The third-order valence-corrected chi connectivity index (χ3v) is 3.33. The van der Waals surface area contributed by atoms with Gasteiger partial charge in [-0.2, -0.15) is 0 Å². The molecule has 1 aromatic carbocycles. The molecule has 98 valence electrons. The second-order valence-electron chi connectivity index (χ2n) is 5.05. The highest BCUT2D eigenvalue weighted by Gasteiger charge is 2.29. The minimum Gasteiger partial charge on any atom is -0.298 e. The second kappa shape index (κ2) is 5.31. The molecule has 2 aromatic rings. The average molecular weight is 257 g/mol. The molecule has 3 heteroatoms. The van der Waals surface area contributed by atoms with Crippen molar-refractivity contribution >= 4 is 5.78 Å². The lowest BCUT2D eigenvalue weighted by Crippen LogP contribution is -2.30. The molecule has 0 saturated carbocycles. The van der Waals surface area contributed by atoms with E-state index in [0.717, 1.165) is 11.3 Å². The summed E-state index contributed by atoms with van der Waals surface area (Å²) in [5.41, 5.74) is 0.920. The third-order valence-electron chi connectivity index (χ3n) is 3.33. The Balaban J connectivity index is 2.19. The number of aromatic nitrogens is 1. The van der Waals surface area contributed by atoms with Crippen molar-refractivity contribution in [1.29, 1.82) is 0 Å². The number of carbonyl (C=O) groups excluding carboxylic acids is 1. The quantitative estimate of drug-likeness (QED) is 0.841. The summed E-state index contributed by atoms with van der Waals surface area (Å²) in [6.07, 6.45) is 1.96. The predicted molar refractivity (Wildman–Crippen MR) is 72.4 cm³/mol. The van der Waals surface area contributed by atoms with Crippen LogP contribution in [0.2, 0.25) is 0 Å². The number of ketones is 1. The fourth-order valence-electron chi connectivity index (χ4n) is 1.92. The number of hydrogen-bond donors (Lipinski definition) is 0. The number of benzene rings is 1. The molecule has 1 heterocycles. The summed E-state index contributed by atoms with van der Waals surface area (Å²) in [5.74, 6) is -0.227. The molecule has 0 amide bonds. The van der Waals surface area contributed by atoms with E-state index >= 15 is 0 Å². The van der Waals surface area contributed by atoms with Gasteiger partial charge in [-0.05, 0) is 43.7 Å². The first-order valence-corrected chi connectivity index (χ1v) is 6.19. The lowest BCUT2D eigenvalue weighted by molar-refractivity contribution is -0.122. The molecule has 1 aromatic heterocycles. The van der Waals surface area contributed by atoms with E-state index in [1.54, 1.807) is 18.3 Å². The Morgan fingerprint density at radius 1 is 1.16 bits per heavy atom. The fourth-order valence-corrected chi connectivity index (χ4v) is 1.92.